The van der Waals surface area contributed by atoms with Crippen LogP contribution in [0.4, 0.5) is 5.69 Å². The highest BCUT2D eigenvalue weighted by atomic mass is 16.5. The zero-order valence-electron chi connectivity index (χ0n) is 17.1. The number of rotatable bonds is 4. The highest BCUT2D eigenvalue weighted by Crippen LogP contribution is 2.30. The predicted octanol–water partition coefficient (Wildman–Crippen LogP) is 2.46. The van der Waals surface area contributed by atoms with Gasteiger partial charge in [0.15, 0.2) is 5.65 Å². The maximum absolute atomic E-state index is 12.8. The molecule has 0 bridgehead atoms. The quantitative estimate of drug-likeness (QED) is 0.543. The van der Waals surface area contributed by atoms with Gasteiger partial charge < -0.3 is 15.0 Å². The van der Waals surface area contributed by atoms with Crippen LogP contribution in [-0.4, -0.2) is 51.8 Å². The first-order valence-electron chi connectivity index (χ1n) is 10.3. The van der Waals surface area contributed by atoms with Crippen molar-refractivity contribution in [2.75, 3.05) is 31.1 Å². The second-order valence-electron chi connectivity index (χ2n) is 7.54. The van der Waals surface area contributed by atoms with Crippen molar-refractivity contribution in [3.8, 4) is 11.4 Å². The molecule has 1 fully saturated rings. The van der Waals surface area contributed by atoms with Crippen LogP contribution in [-0.2, 0) is 0 Å². The van der Waals surface area contributed by atoms with E-state index in [9.17, 15) is 4.79 Å². The molecule has 154 valence electrons. The number of imidazole rings is 1. The van der Waals surface area contributed by atoms with E-state index in [1.807, 2.05) is 31.3 Å². The Balaban J connectivity index is 1.70. The van der Waals surface area contributed by atoms with Gasteiger partial charge in [-0.1, -0.05) is 0 Å². The minimum absolute atomic E-state index is 0.245. The molecule has 2 N–H and O–H groups in total. The van der Waals surface area contributed by atoms with Crippen molar-refractivity contribution >= 4 is 27.8 Å². The third-order valence-corrected chi connectivity index (χ3v) is 5.51. The van der Waals surface area contributed by atoms with Crippen LogP contribution in [0.3, 0.4) is 0 Å². The van der Waals surface area contributed by atoms with Gasteiger partial charge in [0, 0.05) is 55.2 Å². The minimum atomic E-state index is -0.245. The first-order chi connectivity index (χ1) is 14.7. The van der Waals surface area contributed by atoms with Crippen LogP contribution in [0.5, 0.6) is 5.75 Å². The number of aromatic amines is 1. The summed E-state index contributed by atoms with van der Waals surface area (Å²) in [7, 11) is 0. The molecular weight excluding hydrogens is 380 g/mol. The SMILES string of the molecule is CCOc1ccnc2[nH]c(=O)n(-c3ccc4nccc(N5CCNC(C)C5)c4c3)c12. The molecule has 0 saturated carbocycles. The normalized spacial score (nSPS) is 17.0. The van der Waals surface area contributed by atoms with E-state index in [1.165, 1.54) is 0 Å². The standard InChI is InChI=1S/C22H24N6O2/c1-3-30-19-7-9-25-21-20(19)28(22(29)26-21)15-4-5-17-16(12-15)18(6-8-24-17)27-11-10-23-14(2)13-27/h4-9,12,14,23H,3,10-11,13H2,1-2H3,(H,25,26,29). The van der Waals surface area contributed by atoms with Gasteiger partial charge in [-0.3, -0.25) is 14.5 Å². The summed E-state index contributed by atoms with van der Waals surface area (Å²) < 4.78 is 7.39. The van der Waals surface area contributed by atoms with Crippen LogP contribution in [0, 0.1) is 0 Å². The average Bonchev–Trinajstić information content (AvgIpc) is 3.10. The van der Waals surface area contributed by atoms with Crippen molar-refractivity contribution in [1.82, 2.24) is 24.8 Å². The number of fused-ring (bicyclic) bond motifs is 2. The molecule has 0 aliphatic carbocycles. The zero-order valence-corrected chi connectivity index (χ0v) is 17.1. The Morgan fingerprint density at radius 3 is 2.90 bits per heavy atom. The van der Waals surface area contributed by atoms with Crippen LogP contribution >= 0.6 is 0 Å². The third-order valence-electron chi connectivity index (χ3n) is 5.51. The van der Waals surface area contributed by atoms with Crippen LogP contribution in [0.25, 0.3) is 27.8 Å². The molecule has 0 radical (unpaired) electrons. The Morgan fingerprint density at radius 1 is 1.20 bits per heavy atom. The van der Waals surface area contributed by atoms with E-state index < -0.39 is 0 Å². The molecule has 8 nitrogen and oxygen atoms in total. The van der Waals surface area contributed by atoms with E-state index in [2.05, 4.69) is 38.2 Å². The summed E-state index contributed by atoms with van der Waals surface area (Å²) in [5, 5.41) is 4.50. The van der Waals surface area contributed by atoms with E-state index in [4.69, 9.17) is 4.74 Å². The third kappa shape index (κ3) is 3.09. The molecule has 1 aromatic carbocycles. The summed E-state index contributed by atoms with van der Waals surface area (Å²) in [6, 6.07) is 10.2. The summed E-state index contributed by atoms with van der Waals surface area (Å²) >= 11 is 0. The number of anilines is 1. The maximum Gasteiger partial charge on any atom is 0.332 e. The maximum atomic E-state index is 12.8. The predicted molar refractivity (Wildman–Crippen MR) is 118 cm³/mol. The lowest BCUT2D eigenvalue weighted by molar-refractivity contribution is 0.343. The fraction of sp³-hybridized carbons (Fsp3) is 0.318. The van der Waals surface area contributed by atoms with Crippen molar-refractivity contribution in [1.29, 1.82) is 0 Å². The molecular formula is C22H24N6O2. The Hall–Kier alpha value is -3.39. The van der Waals surface area contributed by atoms with Crippen molar-refractivity contribution in [2.24, 2.45) is 0 Å². The van der Waals surface area contributed by atoms with Gasteiger partial charge in [0.1, 0.15) is 11.3 Å². The summed E-state index contributed by atoms with van der Waals surface area (Å²) in [5.74, 6) is 0.628. The Morgan fingerprint density at radius 2 is 2.07 bits per heavy atom. The lowest BCUT2D eigenvalue weighted by Crippen LogP contribution is -2.49. The molecule has 3 aromatic heterocycles. The monoisotopic (exact) mass is 404 g/mol. The van der Waals surface area contributed by atoms with E-state index >= 15 is 0 Å². The number of pyridine rings is 2. The molecule has 4 aromatic rings. The van der Waals surface area contributed by atoms with Crippen LogP contribution in [0.1, 0.15) is 13.8 Å². The van der Waals surface area contributed by atoms with E-state index in [1.54, 1.807) is 16.8 Å². The molecule has 1 aliphatic heterocycles. The summed E-state index contributed by atoms with van der Waals surface area (Å²) in [6.07, 6.45) is 3.49. The van der Waals surface area contributed by atoms with Gasteiger partial charge in [0.05, 0.1) is 17.8 Å². The highest BCUT2D eigenvalue weighted by molar-refractivity contribution is 5.93. The van der Waals surface area contributed by atoms with Crippen molar-refractivity contribution in [3.05, 3.63) is 53.2 Å². The van der Waals surface area contributed by atoms with Gasteiger partial charge in [-0.2, -0.15) is 0 Å². The van der Waals surface area contributed by atoms with Gasteiger partial charge in [-0.25, -0.2) is 9.78 Å². The Bertz CT molecular complexity index is 1280. The number of hydrogen-bond acceptors (Lipinski definition) is 6. The number of benzene rings is 1. The summed E-state index contributed by atoms with van der Waals surface area (Å²) in [5.41, 5.74) is 3.69. The van der Waals surface area contributed by atoms with Gasteiger partial charge in [-0.15, -0.1) is 0 Å². The zero-order chi connectivity index (χ0) is 20.7. The molecule has 30 heavy (non-hydrogen) atoms. The van der Waals surface area contributed by atoms with Gasteiger partial charge in [0.25, 0.3) is 0 Å². The smallest absolute Gasteiger partial charge is 0.332 e. The van der Waals surface area contributed by atoms with E-state index in [0.29, 0.717) is 29.6 Å². The molecule has 1 saturated heterocycles. The number of ether oxygens (including phenoxy) is 1. The Labute approximate surface area is 173 Å². The van der Waals surface area contributed by atoms with Crippen molar-refractivity contribution in [2.45, 2.75) is 19.9 Å². The number of H-pyrrole nitrogens is 1. The average molecular weight is 404 g/mol. The largest absolute Gasteiger partial charge is 0.491 e. The molecule has 8 heteroatoms. The number of aromatic nitrogens is 4. The topological polar surface area (TPSA) is 88.1 Å². The van der Waals surface area contributed by atoms with Crippen LogP contribution in [0.2, 0.25) is 0 Å². The number of piperazine rings is 1. The summed E-state index contributed by atoms with van der Waals surface area (Å²) in [6.45, 7) is 7.41. The number of hydrogen-bond donors (Lipinski definition) is 2. The lowest BCUT2D eigenvalue weighted by atomic mass is 10.1. The fourth-order valence-corrected chi connectivity index (χ4v) is 4.21. The molecule has 0 spiro atoms. The van der Waals surface area contributed by atoms with E-state index in [-0.39, 0.29) is 5.69 Å². The molecule has 1 unspecified atom stereocenters. The fourth-order valence-electron chi connectivity index (χ4n) is 4.21. The van der Waals surface area contributed by atoms with E-state index in [0.717, 1.165) is 41.9 Å². The van der Waals surface area contributed by atoms with Crippen molar-refractivity contribution in [3.63, 3.8) is 0 Å². The molecule has 5 rings (SSSR count). The van der Waals surface area contributed by atoms with Crippen LogP contribution in [0.15, 0.2) is 47.5 Å². The molecule has 1 aliphatic rings. The number of nitrogens with zero attached hydrogens (tertiary/aromatic N) is 4. The molecule has 1 atom stereocenters. The van der Waals surface area contributed by atoms with Gasteiger partial charge in [0.2, 0.25) is 0 Å². The second-order valence-corrected chi connectivity index (χ2v) is 7.54. The molecule has 0 amide bonds. The summed E-state index contributed by atoms with van der Waals surface area (Å²) in [4.78, 5) is 26.9. The highest BCUT2D eigenvalue weighted by Gasteiger charge is 2.19. The minimum Gasteiger partial charge on any atom is -0.491 e. The Kier molecular flexibility index (Phi) is 4.63. The first kappa shape index (κ1) is 18.6. The number of nitrogens with one attached hydrogen (secondary N) is 2. The lowest BCUT2D eigenvalue weighted by Gasteiger charge is -2.34. The molecule has 4 heterocycles. The van der Waals surface area contributed by atoms with Gasteiger partial charge in [-0.05, 0) is 38.1 Å². The van der Waals surface area contributed by atoms with Crippen LogP contribution < -0.4 is 20.6 Å². The first-order valence-corrected chi connectivity index (χ1v) is 10.3. The second kappa shape index (κ2) is 7.46. The van der Waals surface area contributed by atoms with Crippen molar-refractivity contribution < 1.29 is 4.74 Å². The van der Waals surface area contributed by atoms with Gasteiger partial charge >= 0.3 is 5.69 Å².